The van der Waals surface area contributed by atoms with Crippen molar-refractivity contribution in [2.75, 3.05) is 6.61 Å². The van der Waals surface area contributed by atoms with Crippen LogP contribution in [0, 0.1) is 22.7 Å². The molecule has 0 bridgehead atoms. The molecule has 0 aromatic carbocycles. The Hall–Kier alpha value is -2.06. The van der Waals surface area contributed by atoms with E-state index in [1.165, 1.54) is 0 Å². The molecule has 0 aliphatic carbocycles. The average Bonchev–Trinajstić information content (AvgIpc) is 2.58. The summed E-state index contributed by atoms with van der Waals surface area (Å²) in [5.74, 6) is 0. The Morgan fingerprint density at radius 1 is 1.38 bits per heavy atom. The van der Waals surface area contributed by atoms with Gasteiger partial charge in [-0.25, -0.2) is 4.98 Å². The van der Waals surface area contributed by atoms with Crippen LogP contribution in [0.4, 0.5) is 13.2 Å². The number of halogens is 3. The quantitative estimate of drug-likeness (QED) is 0.780. The van der Waals surface area contributed by atoms with E-state index in [4.69, 9.17) is 10.5 Å². The van der Waals surface area contributed by atoms with E-state index in [2.05, 4.69) is 9.72 Å². The van der Waals surface area contributed by atoms with Crippen molar-refractivity contribution < 1.29 is 17.9 Å². The number of alkyl halides is 3. The monoisotopic (exact) mass is 230 g/mol. The molecule has 1 heterocycles. The highest BCUT2D eigenvalue weighted by Crippen LogP contribution is 2.16. The summed E-state index contributed by atoms with van der Waals surface area (Å²) in [5, 5.41) is 17.2. The fraction of sp³-hybridized carbons (Fsp3) is 0.375. The van der Waals surface area contributed by atoms with Crippen LogP contribution in [0.1, 0.15) is 11.4 Å². The summed E-state index contributed by atoms with van der Waals surface area (Å²) < 4.78 is 39.6. The van der Waals surface area contributed by atoms with Gasteiger partial charge in [0.15, 0.2) is 11.4 Å². The zero-order valence-corrected chi connectivity index (χ0v) is 7.82. The minimum absolute atomic E-state index is 0.0757. The standard InChI is InChI=1S/C8H5F3N4O/c9-8(10,11)16-2-1-15-5-14-6(3-12)7(15)4-13/h5H,1-2H2. The second kappa shape index (κ2) is 4.64. The lowest BCUT2D eigenvalue weighted by molar-refractivity contribution is -0.325. The summed E-state index contributed by atoms with van der Waals surface area (Å²) in [6.07, 6.45) is -3.58. The van der Waals surface area contributed by atoms with E-state index in [0.29, 0.717) is 0 Å². The molecule has 0 fully saturated rings. The van der Waals surface area contributed by atoms with Crippen LogP contribution >= 0.6 is 0 Å². The summed E-state index contributed by atoms with van der Waals surface area (Å²) in [5.41, 5.74) is -0.192. The molecular formula is C8H5F3N4O. The Kier molecular flexibility index (Phi) is 3.48. The van der Waals surface area contributed by atoms with Gasteiger partial charge in [-0.2, -0.15) is 10.5 Å². The maximum absolute atomic E-state index is 11.6. The van der Waals surface area contributed by atoms with E-state index in [1.54, 1.807) is 12.1 Å². The third-order valence-electron chi connectivity index (χ3n) is 1.65. The Morgan fingerprint density at radius 2 is 2.06 bits per heavy atom. The third-order valence-corrected chi connectivity index (χ3v) is 1.65. The molecule has 0 spiro atoms. The molecule has 0 N–H and O–H groups in total. The number of imidazole rings is 1. The van der Waals surface area contributed by atoms with Gasteiger partial charge in [-0.3, -0.25) is 4.74 Å². The first-order chi connectivity index (χ1) is 7.48. The number of aromatic nitrogens is 2. The van der Waals surface area contributed by atoms with Crippen molar-refractivity contribution in [2.24, 2.45) is 0 Å². The molecule has 0 amide bonds. The van der Waals surface area contributed by atoms with E-state index < -0.39 is 13.0 Å². The molecule has 8 heteroatoms. The van der Waals surface area contributed by atoms with Crippen LogP contribution in [-0.4, -0.2) is 22.5 Å². The van der Waals surface area contributed by atoms with Crippen molar-refractivity contribution in [3.05, 3.63) is 17.7 Å². The summed E-state index contributed by atoms with van der Waals surface area (Å²) in [6, 6.07) is 3.34. The summed E-state index contributed by atoms with van der Waals surface area (Å²) in [7, 11) is 0. The van der Waals surface area contributed by atoms with Crippen molar-refractivity contribution in [1.29, 1.82) is 10.5 Å². The number of rotatable bonds is 3. The minimum atomic E-state index is -4.70. The van der Waals surface area contributed by atoms with Crippen LogP contribution in [0.5, 0.6) is 0 Å². The Morgan fingerprint density at radius 3 is 2.56 bits per heavy atom. The van der Waals surface area contributed by atoms with Crippen LogP contribution in [0.3, 0.4) is 0 Å². The van der Waals surface area contributed by atoms with Gasteiger partial charge in [0, 0.05) is 6.54 Å². The molecule has 1 rings (SSSR count). The van der Waals surface area contributed by atoms with Gasteiger partial charge >= 0.3 is 6.36 Å². The third kappa shape index (κ3) is 2.97. The highest BCUT2D eigenvalue weighted by atomic mass is 19.4. The van der Waals surface area contributed by atoms with Crippen LogP contribution < -0.4 is 0 Å². The number of ether oxygens (including phenoxy) is 1. The Labute approximate surface area is 88.3 Å². The topological polar surface area (TPSA) is 74.6 Å². The van der Waals surface area contributed by atoms with Gasteiger partial charge in [0.25, 0.3) is 0 Å². The molecule has 0 saturated carbocycles. The van der Waals surface area contributed by atoms with Crippen molar-refractivity contribution in [1.82, 2.24) is 9.55 Å². The van der Waals surface area contributed by atoms with Crippen LogP contribution in [0.15, 0.2) is 6.33 Å². The summed E-state index contributed by atoms with van der Waals surface area (Å²) in [4.78, 5) is 3.56. The molecule has 0 atom stereocenters. The van der Waals surface area contributed by atoms with Gasteiger partial charge in [-0.05, 0) is 0 Å². The first-order valence-electron chi connectivity index (χ1n) is 4.04. The molecule has 5 nitrogen and oxygen atoms in total. The van der Waals surface area contributed by atoms with E-state index in [0.717, 1.165) is 10.9 Å². The van der Waals surface area contributed by atoms with E-state index in [1.807, 2.05) is 0 Å². The number of nitrogens with zero attached hydrogens (tertiary/aromatic N) is 4. The van der Waals surface area contributed by atoms with Crippen molar-refractivity contribution >= 4 is 0 Å². The van der Waals surface area contributed by atoms with E-state index >= 15 is 0 Å². The molecule has 84 valence electrons. The average molecular weight is 230 g/mol. The molecule has 0 radical (unpaired) electrons. The lowest BCUT2D eigenvalue weighted by atomic mass is 10.3. The predicted molar refractivity (Wildman–Crippen MR) is 43.7 cm³/mol. The molecule has 1 aromatic heterocycles. The van der Waals surface area contributed by atoms with Crippen LogP contribution in [-0.2, 0) is 11.3 Å². The second-order valence-electron chi connectivity index (χ2n) is 2.65. The van der Waals surface area contributed by atoms with Crippen molar-refractivity contribution in [2.45, 2.75) is 12.9 Å². The zero-order chi connectivity index (χ0) is 12.2. The van der Waals surface area contributed by atoms with Crippen molar-refractivity contribution in [3.63, 3.8) is 0 Å². The van der Waals surface area contributed by atoms with E-state index in [-0.39, 0.29) is 17.9 Å². The Bertz CT molecular complexity index is 451. The van der Waals surface area contributed by atoms with Gasteiger partial charge in [0.05, 0.1) is 12.9 Å². The summed E-state index contributed by atoms with van der Waals surface area (Å²) >= 11 is 0. The molecule has 16 heavy (non-hydrogen) atoms. The molecule has 0 unspecified atom stereocenters. The zero-order valence-electron chi connectivity index (χ0n) is 7.82. The summed E-state index contributed by atoms with van der Waals surface area (Å²) in [6.45, 7) is -0.837. The van der Waals surface area contributed by atoms with Crippen LogP contribution in [0.25, 0.3) is 0 Å². The second-order valence-corrected chi connectivity index (χ2v) is 2.65. The number of hydrogen-bond donors (Lipinski definition) is 0. The molecule has 0 aliphatic rings. The maximum Gasteiger partial charge on any atom is 0.522 e. The first-order valence-corrected chi connectivity index (χ1v) is 4.04. The largest absolute Gasteiger partial charge is 0.522 e. The fourth-order valence-electron chi connectivity index (χ4n) is 1.01. The van der Waals surface area contributed by atoms with Gasteiger partial charge in [-0.15, -0.1) is 13.2 Å². The Balaban J connectivity index is 2.66. The number of hydrogen-bond acceptors (Lipinski definition) is 4. The normalized spacial score (nSPS) is 10.8. The molecular weight excluding hydrogens is 225 g/mol. The highest BCUT2D eigenvalue weighted by Gasteiger charge is 2.28. The van der Waals surface area contributed by atoms with Gasteiger partial charge in [-0.1, -0.05) is 0 Å². The smallest absolute Gasteiger partial charge is 0.319 e. The van der Waals surface area contributed by atoms with E-state index in [9.17, 15) is 13.2 Å². The minimum Gasteiger partial charge on any atom is -0.319 e. The highest BCUT2D eigenvalue weighted by molar-refractivity contribution is 5.35. The first kappa shape index (κ1) is 12.0. The van der Waals surface area contributed by atoms with Gasteiger partial charge in [0.2, 0.25) is 0 Å². The van der Waals surface area contributed by atoms with Crippen molar-refractivity contribution in [3.8, 4) is 12.1 Å². The number of nitriles is 2. The fourth-order valence-corrected chi connectivity index (χ4v) is 1.01. The molecule has 1 aromatic rings. The lowest BCUT2D eigenvalue weighted by Crippen LogP contribution is -2.17. The predicted octanol–water partition coefficient (Wildman–Crippen LogP) is 1.16. The van der Waals surface area contributed by atoms with Crippen LogP contribution in [0.2, 0.25) is 0 Å². The maximum atomic E-state index is 11.6. The van der Waals surface area contributed by atoms with Gasteiger partial charge < -0.3 is 4.57 Å². The SMILES string of the molecule is N#Cc1ncn(CCOC(F)(F)F)c1C#N. The molecule has 0 saturated heterocycles. The molecule has 0 aliphatic heterocycles. The van der Waals surface area contributed by atoms with Gasteiger partial charge in [0.1, 0.15) is 12.1 Å². The lowest BCUT2D eigenvalue weighted by Gasteiger charge is -2.07.